The van der Waals surface area contributed by atoms with Crippen LogP contribution < -0.4 is 0 Å². The molecule has 4 nitrogen and oxygen atoms in total. The van der Waals surface area contributed by atoms with Crippen LogP contribution in [0.4, 0.5) is 4.39 Å². The third-order valence-electron chi connectivity index (χ3n) is 1.93. The molecule has 0 bridgehead atoms. The van der Waals surface area contributed by atoms with Crippen LogP contribution in [-0.2, 0) is 0 Å². The average molecular weight is 242 g/mol. The quantitative estimate of drug-likeness (QED) is 0.878. The lowest BCUT2D eigenvalue weighted by molar-refractivity contribution is 0.0652. The molecule has 0 fully saturated rings. The maximum Gasteiger partial charge on any atom is 0.374 e. The summed E-state index contributed by atoms with van der Waals surface area (Å²) in [6, 6.07) is 5.15. The van der Waals surface area contributed by atoms with E-state index in [-0.39, 0.29) is 22.0 Å². The molecule has 0 unspecified atom stereocenters. The monoisotopic (exact) mass is 241 g/mol. The van der Waals surface area contributed by atoms with Crippen molar-refractivity contribution in [2.45, 2.75) is 0 Å². The maximum absolute atomic E-state index is 13.4. The number of hydrogen-bond acceptors (Lipinski definition) is 3. The first-order valence-electron chi connectivity index (χ1n) is 4.23. The summed E-state index contributed by atoms with van der Waals surface area (Å²) in [6.45, 7) is 0. The lowest BCUT2D eigenvalue weighted by atomic mass is 10.1. The molecule has 1 aromatic heterocycles. The summed E-state index contributed by atoms with van der Waals surface area (Å²) in [6.07, 6.45) is 0. The molecule has 0 radical (unpaired) electrons. The van der Waals surface area contributed by atoms with E-state index in [1.54, 1.807) is 0 Å². The van der Waals surface area contributed by atoms with Gasteiger partial charge in [0.1, 0.15) is 11.5 Å². The number of halogens is 2. The smallest absolute Gasteiger partial charge is 0.374 e. The Kier molecular flexibility index (Phi) is 2.62. The molecule has 0 atom stereocenters. The van der Waals surface area contributed by atoms with Gasteiger partial charge in [0.25, 0.3) is 0 Å². The van der Waals surface area contributed by atoms with E-state index in [9.17, 15) is 9.18 Å². The van der Waals surface area contributed by atoms with Crippen LogP contribution in [-0.4, -0.2) is 16.2 Å². The second-order valence-corrected chi connectivity index (χ2v) is 3.44. The minimum absolute atomic E-state index is 0.117. The molecule has 1 aromatic carbocycles. The summed E-state index contributed by atoms with van der Waals surface area (Å²) >= 11 is 5.58. The molecule has 0 saturated heterocycles. The van der Waals surface area contributed by atoms with E-state index in [0.717, 1.165) is 12.1 Å². The SMILES string of the molecule is O=C(O)c1cc(-c2ccc(Cl)cc2F)no1. The standard InChI is InChI=1S/C10H5ClFNO3/c11-5-1-2-6(7(12)3-5)8-4-9(10(14)15)16-13-8/h1-4H,(H,14,15). The molecular formula is C10H5ClFNO3. The van der Waals surface area contributed by atoms with Crippen LogP contribution in [0.3, 0.4) is 0 Å². The van der Waals surface area contributed by atoms with Crippen molar-refractivity contribution in [2.75, 3.05) is 0 Å². The Balaban J connectivity index is 2.46. The van der Waals surface area contributed by atoms with Crippen molar-refractivity contribution in [2.24, 2.45) is 0 Å². The van der Waals surface area contributed by atoms with E-state index in [1.807, 2.05) is 0 Å². The van der Waals surface area contributed by atoms with Crippen LogP contribution >= 0.6 is 11.6 Å². The van der Waals surface area contributed by atoms with Gasteiger partial charge >= 0.3 is 5.97 Å². The van der Waals surface area contributed by atoms with Crippen LogP contribution in [0.5, 0.6) is 0 Å². The molecule has 0 aliphatic heterocycles. The van der Waals surface area contributed by atoms with E-state index in [4.69, 9.17) is 16.7 Å². The van der Waals surface area contributed by atoms with Crippen LogP contribution in [0.15, 0.2) is 28.8 Å². The number of carboxylic acid groups (broad SMARTS) is 1. The predicted molar refractivity (Wildman–Crippen MR) is 53.9 cm³/mol. The Morgan fingerprint density at radius 3 is 2.75 bits per heavy atom. The molecule has 2 aromatic rings. The Morgan fingerprint density at radius 1 is 1.44 bits per heavy atom. The van der Waals surface area contributed by atoms with Gasteiger partial charge in [0, 0.05) is 16.7 Å². The summed E-state index contributed by atoms with van der Waals surface area (Å²) in [5.41, 5.74) is 0.257. The lowest BCUT2D eigenvalue weighted by Crippen LogP contribution is -1.91. The summed E-state index contributed by atoms with van der Waals surface area (Å²) in [7, 11) is 0. The molecule has 6 heteroatoms. The largest absolute Gasteiger partial charge is 0.475 e. The van der Waals surface area contributed by atoms with Gasteiger partial charge in [0.2, 0.25) is 5.76 Å². The van der Waals surface area contributed by atoms with Crippen molar-refractivity contribution in [3.8, 4) is 11.3 Å². The van der Waals surface area contributed by atoms with Crippen LogP contribution in [0, 0.1) is 5.82 Å². The summed E-state index contributed by atoms with van der Waals surface area (Å²) in [5.74, 6) is -2.18. The zero-order valence-electron chi connectivity index (χ0n) is 7.78. The molecule has 82 valence electrons. The topological polar surface area (TPSA) is 63.3 Å². The van der Waals surface area contributed by atoms with Crippen molar-refractivity contribution in [3.63, 3.8) is 0 Å². The fourth-order valence-electron chi connectivity index (χ4n) is 1.20. The first kappa shape index (κ1) is 10.6. The number of nitrogens with zero attached hydrogens (tertiary/aromatic N) is 1. The zero-order chi connectivity index (χ0) is 11.7. The summed E-state index contributed by atoms with van der Waals surface area (Å²) in [4.78, 5) is 10.5. The van der Waals surface area contributed by atoms with Gasteiger partial charge in [-0.05, 0) is 18.2 Å². The van der Waals surface area contributed by atoms with Crippen molar-refractivity contribution in [3.05, 3.63) is 40.9 Å². The molecule has 0 aliphatic rings. The van der Waals surface area contributed by atoms with Gasteiger partial charge in [-0.2, -0.15) is 0 Å². The maximum atomic E-state index is 13.4. The van der Waals surface area contributed by atoms with Gasteiger partial charge in [0.15, 0.2) is 0 Å². The fraction of sp³-hybridized carbons (Fsp3) is 0. The van der Waals surface area contributed by atoms with E-state index >= 15 is 0 Å². The summed E-state index contributed by atoms with van der Waals surface area (Å²) < 4.78 is 17.9. The van der Waals surface area contributed by atoms with Crippen molar-refractivity contribution in [1.82, 2.24) is 5.16 Å². The highest BCUT2D eigenvalue weighted by Crippen LogP contribution is 2.24. The highest BCUT2D eigenvalue weighted by atomic mass is 35.5. The third kappa shape index (κ3) is 1.90. The van der Waals surface area contributed by atoms with E-state index < -0.39 is 11.8 Å². The lowest BCUT2D eigenvalue weighted by Gasteiger charge is -1.97. The number of rotatable bonds is 2. The van der Waals surface area contributed by atoms with Crippen LogP contribution in [0.25, 0.3) is 11.3 Å². The van der Waals surface area contributed by atoms with Gasteiger partial charge in [-0.15, -0.1) is 0 Å². The van der Waals surface area contributed by atoms with Crippen LogP contribution in [0.1, 0.15) is 10.6 Å². The van der Waals surface area contributed by atoms with Crippen LogP contribution in [0.2, 0.25) is 5.02 Å². The van der Waals surface area contributed by atoms with Gasteiger partial charge in [-0.1, -0.05) is 16.8 Å². The van der Waals surface area contributed by atoms with Gasteiger partial charge < -0.3 is 9.63 Å². The molecule has 0 amide bonds. The Bertz CT molecular complexity index is 553. The minimum atomic E-state index is -1.26. The molecule has 0 spiro atoms. The molecule has 2 rings (SSSR count). The third-order valence-corrected chi connectivity index (χ3v) is 2.16. The normalized spacial score (nSPS) is 10.4. The molecule has 0 saturated carbocycles. The molecule has 16 heavy (non-hydrogen) atoms. The number of benzene rings is 1. The molecule has 1 N–H and O–H groups in total. The fourth-order valence-corrected chi connectivity index (χ4v) is 1.36. The number of carboxylic acids is 1. The number of hydrogen-bond donors (Lipinski definition) is 1. The molecule has 1 heterocycles. The van der Waals surface area contributed by atoms with Crippen molar-refractivity contribution < 1.29 is 18.8 Å². The first-order chi connectivity index (χ1) is 7.58. The van der Waals surface area contributed by atoms with E-state index in [0.29, 0.717) is 0 Å². The van der Waals surface area contributed by atoms with Gasteiger partial charge in [-0.3, -0.25) is 0 Å². The van der Waals surface area contributed by atoms with Crippen molar-refractivity contribution >= 4 is 17.6 Å². The number of aromatic carboxylic acids is 1. The first-order valence-corrected chi connectivity index (χ1v) is 4.61. The molecular weight excluding hydrogens is 237 g/mol. The Labute approximate surface area is 94.2 Å². The highest BCUT2D eigenvalue weighted by Gasteiger charge is 2.14. The van der Waals surface area contributed by atoms with Gasteiger partial charge in [-0.25, -0.2) is 9.18 Å². The van der Waals surface area contributed by atoms with E-state index in [1.165, 1.54) is 12.1 Å². The van der Waals surface area contributed by atoms with Crippen molar-refractivity contribution in [1.29, 1.82) is 0 Å². The number of carbonyl (C=O) groups is 1. The second-order valence-electron chi connectivity index (χ2n) is 3.01. The Morgan fingerprint density at radius 2 is 2.19 bits per heavy atom. The summed E-state index contributed by atoms with van der Waals surface area (Å²) in [5, 5.41) is 12.3. The second kappa shape index (κ2) is 3.94. The Hall–Kier alpha value is -1.88. The minimum Gasteiger partial charge on any atom is -0.475 e. The molecule has 0 aliphatic carbocycles. The predicted octanol–water partition coefficient (Wildman–Crippen LogP) is 2.83. The average Bonchev–Trinajstić information content (AvgIpc) is 2.66. The van der Waals surface area contributed by atoms with Gasteiger partial charge in [0.05, 0.1) is 0 Å². The number of aromatic nitrogens is 1. The highest BCUT2D eigenvalue weighted by molar-refractivity contribution is 6.30. The zero-order valence-corrected chi connectivity index (χ0v) is 8.53. The van der Waals surface area contributed by atoms with E-state index in [2.05, 4.69) is 9.68 Å².